The fraction of sp³-hybridized carbons (Fsp3) is 0.467. The van der Waals surface area contributed by atoms with Gasteiger partial charge in [-0.25, -0.2) is 0 Å². The van der Waals surface area contributed by atoms with Gasteiger partial charge in [0.25, 0.3) is 0 Å². The van der Waals surface area contributed by atoms with Crippen molar-refractivity contribution in [3.05, 3.63) is 23.8 Å². The second-order valence-electron chi connectivity index (χ2n) is 3.92. The predicted molar refractivity (Wildman–Crippen MR) is 76.9 cm³/mol. The SMILES string of the molecule is CC#CCC(NN)c1ccc(OCC)c(OCC)c1. The second-order valence-corrected chi connectivity index (χ2v) is 3.92. The molecule has 104 valence electrons. The van der Waals surface area contributed by atoms with Crippen LogP contribution in [-0.4, -0.2) is 13.2 Å². The Morgan fingerprint density at radius 1 is 1.21 bits per heavy atom. The summed E-state index contributed by atoms with van der Waals surface area (Å²) in [6.45, 7) is 6.92. The Bertz CT molecular complexity index is 449. The van der Waals surface area contributed by atoms with Crippen molar-refractivity contribution in [2.45, 2.75) is 33.2 Å². The Hall–Kier alpha value is -1.70. The first-order chi connectivity index (χ1) is 9.26. The zero-order valence-corrected chi connectivity index (χ0v) is 11.8. The fourth-order valence-corrected chi connectivity index (χ4v) is 1.76. The molecule has 0 aliphatic heterocycles. The molecule has 0 amide bonds. The zero-order valence-electron chi connectivity index (χ0n) is 11.8. The summed E-state index contributed by atoms with van der Waals surface area (Å²) in [5.74, 6) is 13.0. The van der Waals surface area contributed by atoms with Crippen molar-refractivity contribution in [3.63, 3.8) is 0 Å². The zero-order chi connectivity index (χ0) is 14.1. The van der Waals surface area contributed by atoms with Crippen LogP contribution in [0.1, 0.15) is 38.8 Å². The molecule has 4 heteroatoms. The van der Waals surface area contributed by atoms with Crippen LogP contribution in [0.25, 0.3) is 0 Å². The Labute approximate surface area is 115 Å². The highest BCUT2D eigenvalue weighted by Gasteiger charge is 2.12. The molecule has 1 unspecified atom stereocenters. The van der Waals surface area contributed by atoms with Crippen molar-refractivity contribution in [1.82, 2.24) is 5.43 Å². The third-order valence-corrected chi connectivity index (χ3v) is 2.65. The van der Waals surface area contributed by atoms with Crippen molar-refractivity contribution in [1.29, 1.82) is 0 Å². The van der Waals surface area contributed by atoms with Gasteiger partial charge in [-0.15, -0.1) is 11.8 Å². The van der Waals surface area contributed by atoms with E-state index in [1.807, 2.05) is 39.0 Å². The van der Waals surface area contributed by atoms with E-state index in [9.17, 15) is 0 Å². The number of rotatable bonds is 7. The van der Waals surface area contributed by atoms with Gasteiger partial charge in [-0.3, -0.25) is 11.3 Å². The number of hydrazine groups is 1. The van der Waals surface area contributed by atoms with Gasteiger partial charge in [-0.2, -0.15) is 0 Å². The Morgan fingerprint density at radius 3 is 2.47 bits per heavy atom. The van der Waals surface area contributed by atoms with E-state index in [0.717, 1.165) is 17.1 Å². The molecule has 4 nitrogen and oxygen atoms in total. The van der Waals surface area contributed by atoms with E-state index in [1.54, 1.807) is 0 Å². The van der Waals surface area contributed by atoms with Crippen molar-refractivity contribution in [2.75, 3.05) is 13.2 Å². The highest BCUT2D eigenvalue weighted by molar-refractivity contribution is 5.44. The first kappa shape index (κ1) is 15.4. The first-order valence-electron chi connectivity index (χ1n) is 6.52. The number of nitrogens with one attached hydrogen (secondary N) is 1. The van der Waals surface area contributed by atoms with Crippen LogP contribution in [0.4, 0.5) is 0 Å². The standard InChI is InChI=1S/C15H22N2O2/c1-4-7-8-13(17-16)12-9-10-14(18-5-2)15(11-12)19-6-3/h9-11,13,17H,5-6,8,16H2,1-3H3. The van der Waals surface area contributed by atoms with E-state index in [2.05, 4.69) is 17.3 Å². The van der Waals surface area contributed by atoms with E-state index in [-0.39, 0.29) is 6.04 Å². The van der Waals surface area contributed by atoms with E-state index >= 15 is 0 Å². The number of nitrogens with two attached hydrogens (primary N) is 1. The van der Waals surface area contributed by atoms with Crippen molar-refractivity contribution in [2.24, 2.45) is 5.84 Å². The summed E-state index contributed by atoms with van der Waals surface area (Å²) >= 11 is 0. The summed E-state index contributed by atoms with van der Waals surface area (Å²) in [4.78, 5) is 0. The molecule has 0 aliphatic rings. The fourth-order valence-electron chi connectivity index (χ4n) is 1.76. The third kappa shape index (κ3) is 4.47. The minimum absolute atomic E-state index is 0.0117. The molecule has 0 aromatic heterocycles. The van der Waals surface area contributed by atoms with Gasteiger partial charge in [0, 0.05) is 6.42 Å². The van der Waals surface area contributed by atoms with Crippen LogP contribution >= 0.6 is 0 Å². The average molecular weight is 262 g/mol. The predicted octanol–water partition coefficient (Wildman–Crippen LogP) is 2.40. The van der Waals surface area contributed by atoms with Gasteiger partial charge in [0.1, 0.15) is 0 Å². The molecule has 1 aromatic rings. The van der Waals surface area contributed by atoms with Gasteiger partial charge in [0.05, 0.1) is 19.3 Å². The number of ether oxygens (including phenoxy) is 2. The maximum absolute atomic E-state index is 5.60. The molecule has 0 radical (unpaired) electrons. The molecule has 0 saturated heterocycles. The lowest BCUT2D eigenvalue weighted by atomic mass is 10.0. The lowest BCUT2D eigenvalue weighted by Gasteiger charge is -2.17. The minimum Gasteiger partial charge on any atom is -0.490 e. The van der Waals surface area contributed by atoms with Crippen LogP contribution in [0.5, 0.6) is 11.5 Å². The topological polar surface area (TPSA) is 56.5 Å². The quantitative estimate of drug-likeness (QED) is 0.450. The second kappa shape index (κ2) is 8.41. The molecular weight excluding hydrogens is 240 g/mol. The molecule has 0 bridgehead atoms. The third-order valence-electron chi connectivity index (χ3n) is 2.65. The van der Waals surface area contributed by atoms with Gasteiger partial charge >= 0.3 is 0 Å². The van der Waals surface area contributed by atoms with E-state index in [0.29, 0.717) is 19.6 Å². The summed E-state index contributed by atoms with van der Waals surface area (Å²) < 4.78 is 11.1. The van der Waals surface area contributed by atoms with Crippen molar-refractivity contribution < 1.29 is 9.47 Å². The molecule has 1 atom stereocenters. The highest BCUT2D eigenvalue weighted by Crippen LogP contribution is 2.31. The minimum atomic E-state index is -0.0117. The van der Waals surface area contributed by atoms with Gasteiger partial charge in [0.15, 0.2) is 11.5 Å². The maximum atomic E-state index is 5.60. The molecule has 3 N–H and O–H groups in total. The van der Waals surface area contributed by atoms with E-state index < -0.39 is 0 Å². The lowest BCUT2D eigenvalue weighted by molar-refractivity contribution is 0.287. The van der Waals surface area contributed by atoms with Crippen LogP contribution in [0.3, 0.4) is 0 Å². The highest BCUT2D eigenvalue weighted by atomic mass is 16.5. The van der Waals surface area contributed by atoms with Crippen LogP contribution in [0.2, 0.25) is 0 Å². The largest absolute Gasteiger partial charge is 0.490 e. The first-order valence-corrected chi connectivity index (χ1v) is 6.52. The lowest BCUT2D eigenvalue weighted by Crippen LogP contribution is -2.27. The van der Waals surface area contributed by atoms with Gasteiger partial charge < -0.3 is 9.47 Å². The Morgan fingerprint density at radius 2 is 1.89 bits per heavy atom. The van der Waals surface area contributed by atoms with Crippen molar-refractivity contribution >= 4 is 0 Å². The van der Waals surface area contributed by atoms with E-state index in [1.165, 1.54) is 0 Å². The molecular formula is C15H22N2O2. The summed E-state index contributed by atoms with van der Waals surface area (Å²) in [6.07, 6.45) is 0.659. The molecule has 0 spiro atoms. The normalized spacial score (nSPS) is 11.4. The van der Waals surface area contributed by atoms with Crippen molar-refractivity contribution in [3.8, 4) is 23.3 Å². The van der Waals surface area contributed by atoms with Crippen LogP contribution in [0, 0.1) is 11.8 Å². The molecule has 1 aromatic carbocycles. The van der Waals surface area contributed by atoms with Gasteiger partial charge in [-0.1, -0.05) is 6.07 Å². The average Bonchev–Trinajstić information content (AvgIpc) is 2.43. The molecule has 0 saturated carbocycles. The van der Waals surface area contributed by atoms with Crippen LogP contribution in [-0.2, 0) is 0 Å². The monoisotopic (exact) mass is 262 g/mol. The van der Waals surface area contributed by atoms with Gasteiger partial charge in [-0.05, 0) is 38.5 Å². The number of hydrogen-bond acceptors (Lipinski definition) is 4. The molecule has 0 fully saturated rings. The summed E-state index contributed by atoms with van der Waals surface area (Å²) in [5.41, 5.74) is 3.81. The van der Waals surface area contributed by atoms with Crippen LogP contribution < -0.4 is 20.7 Å². The molecule has 1 rings (SSSR count). The summed E-state index contributed by atoms with van der Waals surface area (Å²) in [7, 11) is 0. The molecule has 0 aliphatic carbocycles. The summed E-state index contributed by atoms with van der Waals surface area (Å²) in [6, 6.07) is 5.83. The number of hydrogen-bond donors (Lipinski definition) is 2. The van der Waals surface area contributed by atoms with Crippen LogP contribution in [0.15, 0.2) is 18.2 Å². The Balaban J connectivity index is 2.99. The van der Waals surface area contributed by atoms with Gasteiger partial charge in [0.2, 0.25) is 0 Å². The molecule has 19 heavy (non-hydrogen) atoms. The van der Waals surface area contributed by atoms with E-state index in [4.69, 9.17) is 15.3 Å². The smallest absolute Gasteiger partial charge is 0.161 e. The molecule has 0 heterocycles. The maximum Gasteiger partial charge on any atom is 0.161 e. The Kier molecular flexibility index (Phi) is 6.80. The number of benzene rings is 1. The summed E-state index contributed by atoms with van der Waals surface area (Å²) in [5, 5.41) is 0.